The number of nitrogens with two attached hydrogens (primary N) is 1. The molecule has 0 heterocycles. The first-order chi connectivity index (χ1) is 8.31. The molecule has 0 aliphatic carbocycles. The number of aliphatic hydroxyl groups is 1. The Morgan fingerprint density at radius 2 is 1.94 bits per heavy atom. The van der Waals surface area contributed by atoms with Gasteiger partial charge in [-0.25, -0.2) is 0 Å². The van der Waals surface area contributed by atoms with Crippen molar-refractivity contribution in [1.82, 2.24) is 5.32 Å². The summed E-state index contributed by atoms with van der Waals surface area (Å²) in [7, 11) is 0. The third-order valence-corrected chi connectivity index (χ3v) is 3.00. The third kappa shape index (κ3) is 4.86. The van der Waals surface area contributed by atoms with E-state index in [2.05, 4.69) is 36.5 Å². The molecule has 3 heteroatoms. The van der Waals surface area contributed by atoms with Crippen LogP contribution in [0.5, 0.6) is 0 Å². The summed E-state index contributed by atoms with van der Waals surface area (Å²) in [6, 6.07) is 8.84. The Bertz CT molecular complexity index is 298. The summed E-state index contributed by atoms with van der Waals surface area (Å²) in [4.78, 5) is 0. The molecule has 4 N–H and O–H groups in total. The van der Waals surface area contributed by atoms with Crippen LogP contribution in [0.3, 0.4) is 0 Å². The fraction of sp³-hybridized carbons (Fsp3) is 0.571. The van der Waals surface area contributed by atoms with E-state index in [9.17, 15) is 0 Å². The van der Waals surface area contributed by atoms with Crippen LogP contribution in [-0.2, 0) is 6.42 Å². The highest BCUT2D eigenvalue weighted by atomic mass is 16.2. The Labute approximate surface area is 104 Å². The quantitative estimate of drug-likeness (QED) is 0.601. The molecule has 17 heavy (non-hydrogen) atoms. The van der Waals surface area contributed by atoms with Gasteiger partial charge in [0.1, 0.15) is 0 Å². The van der Waals surface area contributed by atoms with Gasteiger partial charge in [-0.3, -0.25) is 0 Å². The summed E-state index contributed by atoms with van der Waals surface area (Å²) < 4.78 is 0. The van der Waals surface area contributed by atoms with Gasteiger partial charge in [-0.05, 0) is 36.9 Å². The maximum Gasteiger partial charge on any atom is 0.0444 e. The second-order valence-corrected chi connectivity index (χ2v) is 4.27. The van der Waals surface area contributed by atoms with Crippen LogP contribution in [0.25, 0.3) is 0 Å². The summed E-state index contributed by atoms with van der Waals surface area (Å²) in [6.45, 7) is 3.92. The molecule has 0 aliphatic rings. The molecule has 3 nitrogen and oxygen atoms in total. The molecule has 0 saturated heterocycles. The third-order valence-electron chi connectivity index (χ3n) is 3.00. The van der Waals surface area contributed by atoms with Crippen molar-refractivity contribution >= 4 is 0 Å². The first kappa shape index (κ1) is 14.2. The van der Waals surface area contributed by atoms with Crippen LogP contribution in [0.15, 0.2) is 24.3 Å². The minimum Gasteiger partial charge on any atom is -0.396 e. The Morgan fingerprint density at radius 3 is 2.47 bits per heavy atom. The van der Waals surface area contributed by atoms with Crippen LogP contribution in [0, 0.1) is 0 Å². The molecular weight excluding hydrogens is 212 g/mol. The standard InChI is InChI=1S/C14H24N2O/c1-2-12-5-7-13(8-6-12)14(11-15)16-9-3-4-10-17/h5-8,14,16-17H,2-4,9-11,15H2,1H3. The predicted octanol–water partition coefficient (Wildman–Crippen LogP) is 1.61. The van der Waals surface area contributed by atoms with Crippen LogP contribution in [0.4, 0.5) is 0 Å². The fourth-order valence-electron chi connectivity index (χ4n) is 1.84. The van der Waals surface area contributed by atoms with E-state index in [-0.39, 0.29) is 12.6 Å². The SMILES string of the molecule is CCc1ccc(C(CN)NCCCCO)cc1. The molecule has 96 valence electrons. The van der Waals surface area contributed by atoms with E-state index >= 15 is 0 Å². The molecule has 0 spiro atoms. The number of hydrogen-bond donors (Lipinski definition) is 3. The lowest BCUT2D eigenvalue weighted by Crippen LogP contribution is -2.29. The van der Waals surface area contributed by atoms with Gasteiger partial charge in [0.2, 0.25) is 0 Å². The van der Waals surface area contributed by atoms with Crippen LogP contribution >= 0.6 is 0 Å². The molecule has 0 bridgehead atoms. The number of unbranched alkanes of at least 4 members (excludes halogenated alkanes) is 1. The number of rotatable bonds is 8. The minimum absolute atomic E-state index is 0.222. The first-order valence-electron chi connectivity index (χ1n) is 6.45. The summed E-state index contributed by atoms with van der Waals surface area (Å²) >= 11 is 0. The van der Waals surface area contributed by atoms with Gasteiger partial charge >= 0.3 is 0 Å². The van der Waals surface area contributed by atoms with Gasteiger partial charge < -0.3 is 16.2 Å². The van der Waals surface area contributed by atoms with Crippen molar-refractivity contribution < 1.29 is 5.11 Å². The van der Waals surface area contributed by atoms with Gasteiger partial charge in [0, 0.05) is 19.2 Å². The Balaban J connectivity index is 2.47. The lowest BCUT2D eigenvalue weighted by molar-refractivity contribution is 0.282. The highest BCUT2D eigenvalue weighted by Gasteiger charge is 2.07. The molecule has 1 atom stereocenters. The monoisotopic (exact) mass is 236 g/mol. The topological polar surface area (TPSA) is 58.3 Å². The number of aliphatic hydroxyl groups excluding tert-OH is 1. The molecule has 0 fully saturated rings. The summed E-state index contributed by atoms with van der Waals surface area (Å²) in [5.74, 6) is 0. The van der Waals surface area contributed by atoms with E-state index in [4.69, 9.17) is 10.8 Å². The molecule has 1 rings (SSSR count). The fourth-order valence-corrected chi connectivity index (χ4v) is 1.84. The smallest absolute Gasteiger partial charge is 0.0444 e. The van der Waals surface area contributed by atoms with Crippen molar-refractivity contribution in [2.45, 2.75) is 32.2 Å². The van der Waals surface area contributed by atoms with Crippen molar-refractivity contribution in [3.05, 3.63) is 35.4 Å². The second kappa shape index (κ2) is 8.23. The second-order valence-electron chi connectivity index (χ2n) is 4.27. The van der Waals surface area contributed by atoms with Crippen molar-refractivity contribution in [2.24, 2.45) is 5.73 Å². The van der Waals surface area contributed by atoms with Gasteiger partial charge in [-0.1, -0.05) is 31.2 Å². The lowest BCUT2D eigenvalue weighted by Gasteiger charge is -2.17. The summed E-state index contributed by atoms with van der Waals surface area (Å²) in [5.41, 5.74) is 8.37. The van der Waals surface area contributed by atoms with Gasteiger partial charge in [0.25, 0.3) is 0 Å². The minimum atomic E-state index is 0.222. The van der Waals surface area contributed by atoms with Crippen molar-refractivity contribution in [1.29, 1.82) is 0 Å². The highest BCUT2D eigenvalue weighted by molar-refractivity contribution is 5.25. The van der Waals surface area contributed by atoms with E-state index in [1.807, 2.05) is 0 Å². The number of nitrogens with one attached hydrogen (secondary N) is 1. The number of benzene rings is 1. The van der Waals surface area contributed by atoms with E-state index in [0.717, 1.165) is 25.8 Å². The van der Waals surface area contributed by atoms with Gasteiger partial charge in [0.05, 0.1) is 0 Å². The van der Waals surface area contributed by atoms with E-state index in [1.54, 1.807) is 0 Å². The maximum absolute atomic E-state index is 8.71. The molecule has 0 aliphatic heterocycles. The van der Waals surface area contributed by atoms with E-state index in [0.29, 0.717) is 6.54 Å². The first-order valence-corrected chi connectivity index (χ1v) is 6.45. The Morgan fingerprint density at radius 1 is 1.24 bits per heavy atom. The van der Waals surface area contributed by atoms with Crippen LogP contribution < -0.4 is 11.1 Å². The maximum atomic E-state index is 8.71. The van der Waals surface area contributed by atoms with E-state index in [1.165, 1.54) is 11.1 Å². The van der Waals surface area contributed by atoms with Gasteiger partial charge in [-0.2, -0.15) is 0 Å². The summed E-state index contributed by atoms with van der Waals surface area (Å²) in [6.07, 6.45) is 2.90. The Kier molecular flexibility index (Phi) is 6.86. The number of hydrogen-bond acceptors (Lipinski definition) is 3. The average molecular weight is 236 g/mol. The Hall–Kier alpha value is -0.900. The summed E-state index contributed by atoms with van der Waals surface area (Å²) in [5, 5.41) is 12.1. The largest absolute Gasteiger partial charge is 0.396 e. The van der Waals surface area contributed by atoms with Crippen LogP contribution in [0.1, 0.15) is 36.9 Å². The van der Waals surface area contributed by atoms with E-state index < -0.39 is 0 Å². The van der Waals surface area contributed by atoms with Crippen LogP contribution in [0.2, 0.25) is 0 Å². The molecule has 1 unspecified atom stereocenters. The molecule has 0 amide bonds. The molecule has 1 aromatic carbocycles. The normalized spacial score (nSPS) is 12.6. The zero-order chi connectivity index (χ0) is 12.5. The van der Waals surface area contributed by atoms with Crippen molar-refractivity contribution in [2.75, 3.05) is 19.7 Å². The molecule has 0 aromatic heterocycles. The zero-order valence-electron chi connectivity index (χ0n) is 10.7. The highest BCUT2D eigenvalue weighted by Crippen LogP contribution is 2.13. The average Bonchev–Trinajstić information content (AvgIpc) is 2.39. The molecular formula is C14H24N2O. The zero-order valence-corrected chi connectivity index (χ0v) is 10.7. The molecule has 0 saturated carbocycles. The molecule has 0 radical (unpaired) electrons. The van der Waals surface area contributed by atoms with Crippen molar-refractivity contribution in [3.8, 4) is 0 Å². The van der Waals surface area contributed by atoms with Crippen molar-refractivity contribution in [3.63, 3.8) is 0 Å². The predicted molar refractivity (Wildman–Crippen MR) is 71.9 cm³/mol. The number of aryl methyl sites for hydroxylation is 1. The van der Waals surface area contributed by atoms with Gasteiger partial charge in [0.15, 0.2) is 0 Å². The van der Waals surface area contributed by atoms with Gasteiger partial charge in [-0.15, -0.1) is 0 Å². The van der Waals surface area contributed by atoms with Crippen LogP contribution in [-0.4, -0.2) is 24.8 Å². The molecule has 1 aromatic rings. The lowest BCUT2D eigenvalue weighted by atomic mass is 10.0.